The van der Waals surface area contributed by atoms with Crippen molar-refractivity contribution in [3.63, 3.8) is 0 Å². The summed E-state index contributed by atoms with van der Waals surface area (Å²) in [6, 6.07) is 37.0. The van der Waals surface area contributed by atoms with Crippen LogP contribution in [-0.4, -0.2) is 122 Å². The molecule has 0 saturated carbocycles. The maximum Gasteiger partial charge on any atom is 0.459 e. The Hall–Kier alpha value is -8.01. The number of para-hydroxylation sites is 1. The van der Waals surface area contributed by atoms with E-state index in [1.807, 2.05) is 66.7 Å². The molecular weight excluding hydrogens is 1180 g/mol. The van der Waals surface area contributed by atoms with E-state index in [4.69, 9.17) is 60.1 Å². The topological polar surface area (TPSA) is 366 Å². The molecule has 0 radical (unpaired) electrons. The quantitative estimate of drug-likeness (QED) is 0.0210. The normalized spacial score (nSPS) is 21.4. The van der Waals surface area contributed by atoms with Crippen molar-refractivity contribution in [3.8, 4) is 11.5 Å². The summed E-state index contributed by atoms with van der Waals surface area (Å²) >= 11 is 6.33. The standard InChI is InChI=1S/C30H30ClN6O8P.C26H29N6O7P/c1-17(29(40)42-14-18-8-3-2-4-9-18)36-46(41,45-21-13-7-11-19-10-5-6-12-20(19)21)43-15-22-24(38)25(39)28(44-22)37-27-23(35-30(37)31)26(32)33-16-34-27;1-17(26(34)36-13-18-8-4-2-5-9-18)31-40(35,39-19-10-6-3-7-11-19)37-14-20-12-21(33)25(38-20)32-16-30-22-23(27)28-15-29-24(22)32/h2-13,16-17,22,24-25,28,38-39H,14-15H2,1H3,(H,36,41)(H2,32,33,34);2-11,15-17,20-21,25,33H,12-14H2,1H3,(H,31,35)(H2,27,28,29)/t17-,22+,24-,25?,28+,46?;17-,20-,21?,25+,40?/m00/s1. The molecule has 9 N–H and O–H groups in total. The highest BCUT2D eigenvalue weighted by atomic mass is 35.5. The van der Waals surface area contributed by atoms with Crippen molar-refractivity contribution < 1.29 is 71.1 Å². The number of carbonyl (C=O) groups is 2. The number of benzene rings is 5. The van der Waals surface area contributed by atoms with Crippen molar-refractivity contribution in [1.29, 1.82) is 0 Å². The molecule has 11 rings (SSSR count). The van der Waals surface area contributed by atoms with Gasteiger partial charge in [0.15, 0.2) is 40.9 Å². The Morgan fingerprint density at radius 1 is 0.663 bits per heavy atom. The van der Waals surface area contributed by atoms with E-state index in [1.165, 1.54) is 37.4 Å². The third kappa shape index (κ3) is 14.4. The number of rotatable bonds is 22. The SMILES string of the molecule is C[C@H](NP(=O)(OC[C@@H]1CC(O)[C@H](n2cnc3c(N)ncnc32)O1)Oc1ccccc1)C(=O)OCc1ccccc1.C[C@H](NP(=O)(OC[C@H]1O[C@@H](n2c(Cl)nc3c(N)ncnc32)C(O)[C@H]1O)Oc1cccc2ccccc12)C(=O)OCc1ccccc1. The number of hydrogen-bond donors (Lipinski definition) is 7. The van der Waals surface area contributed by atoms with Gasteiger partial charge in [0.05, 0.1) is 25.6 Å². The molecule has 30 heteroatoms. The lowest BCUT2D eigenvalue weighted by Gasteiger charge is -2.25. The summed E-state index contributed by atoms with van der Waals surface area (Å²) in [6.07, 6.45) is -3.81. The van der Waals surface area contributed by atoms with Gasteiger partial charge in [0, 0.05) is 11.8 Å². The molecule has 2 saturated heterocycles. The summed E-state index contributed by atoms with van der Waals surface area (Å²) in [6.45, 7) is 2.28. The van der Waals surface area contributed by atoms with Crippen LogP contribution in [0.1, 0.15) is 43.9 Å². The molecule has 86 heavy (non-hydrogen) atoms. The molecule has 0 aliphatic carbocycles. The third-order valence-corrected chi connectivity index (χ3v) is 17.1. The molecule has 0 bridgehead atoms. The minimum absolute atomic E-state index is 0.00444. The maximum absolute atomic E-state index is 14.3. The highest BCUT2D eigenvalue weighted by Gasteiger charge is 2.47. The summed E-state index contributed by atoms with van der Waals surface area (Å²) in [5.41, 5.74) is 14.5. The monoisotopic (exact) mass is 1240 g/mol. The van der Waals surface area contributed by atoms with Gasteiger partial charge in [-0.1, -0.05) is 115 Å². The molecule has 2 aliphatic rings. The van der Waals surface area contributed by atoms with E-state index in [1.54, 1.807) is 71.3 Å². The zero-order chi connectivity index (χ0) is 60.5. The lowest BCUT2D eigenvalue weighted by atomic mass is 10.1. The molecule has 2 aliphatic heterocycles. The number of nitrogen functional groups attached to an aromatic ring is 2. The molecule has 0 spiro atoms. The Balaban J connectivity index is 0.000000193. The predicted octanol–water partition coefficient (Wildman–Crippen LogP) is 6.74. The smallest absolute Gasteiger partial charge is 0.459 e. The van der Waals surface area contributed by atoms with Gasteiger partial charge in [-0.05, 0) is 60.2 Å². The number of nitrogens with zero attached hydrogens (tertiary/aromatic N) is 8. The van der Waals surface area contributed by atoms with Crippen molar-refractivity contribution in [2.24, 2.45) is 0 Å². The predicted molar refractivity (Wildman–Crippen MR) is 311 cm³/mol. The third-order valence-electron chi connectivity index (χ3n) is 13.5. The number of carbonyl (C=O) groups excluding carboxylic acids is 2. The molecule has 5 aromatic carbocycles. The van der Waals surface area contributed by atoms with Crippen molar-refractivity contribution in [1.82, 2.24) is 49.2 Å². The molecular formula is C56H59ClN12O15P2. The number of aliphatic hydroxyl groups excluding tert-OH is 3. The fourth-order valence-corrected chi connectivity index (χ4v) is 12.5. The first-order valence-electron chi connectivity index (χ1n) is 26.7. The molecule has 6 heterocycles. The molecule has 4 aromatic heterocycles. The summed E-state index contributed by atoms with van der Waals surface area (Å²) < 4.78 is 76.8. The van der Waals surface area contributed by atoms with E-state index in [0.29, 0.717) is 16.6 Å². The largest absolute Gasteiger partial charge is 0.460 e. The fraction of sp³-hybridized carbons (Fsp3) is 0.286. The van der Waals surface area contributed by atoms with Crippen LogP contribution in [0, 0.1) is 0 Å². The van der Waals surface area contributed by atoms with Gasteiger partial charge < -0.3 is 54.8 Å². The minimum Gasteiger partial charge on any atom is -0.460 e. The van der Waals surface area contributed by atoms with Gasteiger partial charge in [0.2, 0.25) is 5.28 Å². The van der Waals surface area contributed by atoms with E-state index >= 15 is 0 Å². The van der Waals surface area contributed by atoms with Crippen molar-refractivity contribution >= 4 is 83.8 Å². The zero-order valence-electron chi connectivity index (χ0n) is 45.9. The van der Waals surface area contributed by atoms with E-state index in [0.717, 1.165) is 16.5 Å². The van der Waals surface area contributed by atoms with E-state index in [2.05, 4.69) is 40.1 Å². The summed E-state index contributed by atoms with van der Waals surface area (Å²) in [4.78, 5) is 50.0. The number of anilines is 2. The number of esters is 2. The van der Waals surface area contributed by atoms with E-state index in [-0.39, 0.29) is 65.8 Å². The first kappa shape index (κ1) is 61.1. The Bertz CT molecular complexity index is 3890. The Kier molecular flexibility index (Phi) is 19.3. The molecule has 4 unspecified atom stereocenters. The highest BCUT2D eigenvalue weighted by Crippen LogP contribution is 2.49. The highest BCUT2D eigenvalue weighted by molar-refractivity contribution is 7.52. The van der Waals surface area contributed by atoms with Crippen molar-refractivity contribution in [2.45, 2.75) is 88.5 Å². The second-order valence-electron chi connectivity index (χ2n) is 19.7. The molecule has 2 fully saturated rings. The van der Waals surface area contributed by atoms with Crippen LogP contribution in [0.15, 0.2) is 152 Å². The number of hydrogen-bond acceptors (Lipinski definition) is 23. The van der Waals surface area contributed by atoms with Gasteiger partial charge in [-0.15, -0.1) is 0 Å². The van der Waals surface area contributed by atoms with Crippen LogP contribution < -0.4 is 30.7 Å². The Morgan fingerprint density at radius 2 is 1.22 bits per heavy atom. The lowest BCUT2D eigenvalue weighted by Crippen LogP contribution is -2.37. The lowest BCUT2D eigenvalue weighted by molar-refractivity contribution is -0.147. The van der Waals surface area contributed by atoms with Crippen LogP contribution >= 0.6 is 27.1 Å². The van der Waals surface area contributed by atoms with Gasteiger partial charge in [-0.25, -0.2) is 39.0 Å². The zero-order valence-corrected chi connectivity index (χ0v) is 48.5. The van der Waals surface area contributed by atoms with Gasteiger partial charge in [0.25, 0.3) is 0 Å². The molecule has 11 atom stereocenters. The Labute approximate surface area is 495 Å². The number of imidazole rings is 2. The van der Waals surface area contributed by atoms with Gasteiger partial charge >= 0.3 is 27.4 Å². The number of aromatic nitrogens is 8. The molecule has 450 valence electrons. The van der Waals surface area contributed by atoms with Crippen molar-refractivity contribution in [3.05, 3.63) is 169 Å². The van der Waals surface area contributed by atoms with Gasteiger partial charge in [-0.2, -0.15) is 10.2 Å². The number of fused-ring (bicyclic) bond motifs is 3. The average molecular weight is 1240 g/mol. The second kappa shape index (κ2) is 27.1. The van der Waals surface area contributed by atoms with Crippen LogP contribution in [0.3, 0.4) is 0 Å². The average Bonchev–Trinajstić information content (AvgIpc) is 2.16. The minimum atomic E-state index is -4.39. The summed E-state index contributed by atoms with van der Waals surface area (Å²) in [7, 11) is -8.50. The van der Waals surface area contributed by atoms with Crippen LogP contribution in [0.25, 0.3) is 33.1 Å². The Morgan fingerprint density at radius 3 is 1.87 bits per heavy atom. The summed E-state index contributed by atoms with van der Waals surface area (Å²) in [5.74, 6) is -0.575. The fourth-order valence-electron chi connectivity index (χ4n) is 9.19. The number of nitrogens with two attached hydrogens (primary N) is 2. The molecule has 27 nitrogen and oxygen atoms in total. The maximum atomic E-state index is 14.3. The number of ether oxygens (including phenoxy) is 4. The van der Waals surface area contributed by atoms with Gasteiger partial charge in [0.1, 0.15) is 79.4 Å². The van der Waals surface area contributed by atoms with Gasteiger partial charge in [-0.3, -0.25) is 27.8 Å². The molecule has 0 amide bonds. The number of aliphatic hydroxyl groups is 3. The van der Waals surface area contributed by atoms with E-state index in [9.17, 15) is 34.0 Å². The van der Waals surface area contributed by atoms with Crippen LogP contribution in [0.4, 0.5) is 11.6 Å². The van der Waals surface area contributed by atoms with E-state index < -0.39 is 89.1 Å². The first-order chi connectivity index (χ1) is 41.4. The van der Waals surface area contributed by atoms with Crippen LogP contribution in [0.2, 0.25) is 5.28 Å². The van der Waals surface area contributed by atoms with Crippen LogP contribution in [-0.2, 0) is 59.9 Å². The first-order valence-corrected chi connectivity index (χ1v) is 30.2. The second-order valence-corrected chi connectivity index (χ2v) is 23.4. The number of nitrogens with one attached hydrogen (secondary N) is 2. The number of halogens is 1. The summed E-state index contributed by atoms with van der Waals surface area (Å²) in [5, 5.41) is 39.2. The van der Waals surface area contributed by atoms with Crippen LogP contribution in [0.5, 0.6) is 11.5 Å². The molecule has 9 aromatic rings. The van der Waals surface area contributed by atoms with Crippen molar-refractivity contribution in [2.75, 3.05) is 24.7 Å².